The fourth-order valence-electron chi connectivity index (χ4n) is 1.28. The number of carbonyl (C=O) groups is 1. The Labute approximate surface area is 101 Å². The smallest absolute Gasteiger partial charge is 0.319 e. The first-order chi connectivity index (χ1) is 7.77. The van der Waals surface area contributed by atoms with Crippen LogP contribution in [0.5, 0.6) is 0 Å². The lowest BCUT2D eigenvalue weighted by Crippen LogP contribution is -2.20. The van der Waals surface area contributed by atoms with E-state index in [0.29, 0.717) is 6.61 Å². The summed E-state index contributed by atoms with van der Waals surface area (Å²) in [5, 5.41) is 0.730. The molecule has 0 aliphatic rings. The van der Waals surface area contributed by atoms with Crippen LogP contribution in [-0.4, -0.2) is 22.8 Å². The van der Waals surface area contributed by atoms with Crippen molar-refractivity contribution in [2.75, 3.05) is 6.61 Å². The molecular formula is C12H17NO2S. The van der Waals surface area contributed by atoms with E-state index in [1.54, 1.807) is 6.20 Å². The van der Waals surface area contributed by atoms with Gasteiger partial charge in [0.25, 0.3) is 0 Å². The molecule has 0 N–H and O–H groups in total. The third kappa shape index (κ3) is 4.23. The van der Waals surface area contributed by atoms with Gasteiger partial charge in [0, 0.05) is 6.20 Å². The molecule has 0 spiro atoms. The number of thioether (sulfide) groups is 1. The van der Waals surface area contributed by atoms with Crippen LogP contribution in [0.2, 0.25) is 0 Å². The summed E-state index contributed by atoms with van der Waals surface area (Å²) >= 11 is 1.48. The normalized spacial score (nSPS) is 12.1. The second-order valence-electron chi connectivity index (χ2n) is 3.32. The number of rotatable bonds is 6. The van der Waals surface area contributed by atoms with Crippen molar-refractivity contribution < 1.29 is 9.53 Å². The summed E-state index contributed by atoms with van der Waals surface area (Å²) in [5.74, 6) is -0.139. The molecule has 0 radical (unpaired) electrons. The number of pyridine rings is 1. The van der Waals surface area contributed by atoms with Gasteiger partial charge in [-0.15, -0.1) is 0 Å². The fraction of sp³-hybridized carbons (Fsp3) is 0.500. The van der Waals surface area contributed by atoms with Gasteiger partial charge in [0.15, 0.2) is 0 Å². The number of ether oxygens (including phenoxy) is 1. The molecule has 1 atom stereocenters. The van der Waals surface area contributed by atoms with E-state index in [1.807, 2.05) is 25.1 Å². The number of hydrogen-bond acceptors (Lipinski definition) is 4. The molecule has 1 unspecified atom stereocenters. The van der Waals surface area contributed by atoms with Crippen LogP contribution in [-0.2, 0) is 9.53 Å². The van der Waals surface area contributed by atoms with E-state index in [2.05, 4.69) is 11.9 Å². The topological polar surface area (TPSA) is 39.2 Å². The maximum atomic E-state index is 11.7. The molecular weight excluding hydrogens is 222 g/mol. The van der Waals surface area contributed by atoms with E-state index in [4.69, 9.17) is 4.74 Å². The lowest BCUT2D eigenvalue weighted by atomic mass is 10.2. The minimum atomic E-state index is -0.139. The Morgan fingerprint density at radius 3 is 2.88 bits per heavy atom. The Bertz CT molecular complexity index is 316. The highest BCUT2D eigenvalue weighted by Gasteiger charge is 2.20. The van der Waals surface area contributed by atoms with Crippen LogP contribution in [0.25, 0.3) is 0 Å². The van der Waals surface area contributed by atoms with Crippen molar-refractivity contribution in [2.24, 2.45) is 0 Å². The second-order valence-corrected chi connectivity index (χ2v) is 4.54. The molecule has 0 bridgehead atoms. The largest absolute Gasteiger partial charge is 0.465 e. The van der Waals surface area contributed by atoms with Crippen molar-refractivity contribution in [3.05, 3.63) is 24.4 Å². The van der Waals surface area contributed by atoms with Crippen molar-refractivity contribution in [1.82, 2.24) is 4.98 Å². The number of esters is 1. The molecule has 16 heavy (non-hydrogen) atoms. The van der Waals surface area contributed by atoms with Gasteiger partial charge in [-0.1, -0.05) is 31.2 Å². The Morgan fingerprint density at radius 1 is 1.50 bits per heavy atom. The van der Waals surface area contributed by atoms with Crippen LogP contribution < -0.4 is 0 Å². The lowest BCUT2D eigenvalue weighted by Gasteiger charge is -2.13. The first kappa shape index (κ1) is 13.0. The molecule has 0 fully saturated rings. The first-order valence-electron chi connectivity index (χ1n) is 5.52. The van der Waals surface area contributed by atoms with Gasteiger partial charge in [-0.2, -0.15) is 0 Å². The average Bonchev–Trinajstić information content (AvgIpc) is 2.30. The maximum Gasteiger partial charge on any atom is 0.319 e. The number of nitrogens with zero attached hydrogens (tertiary/aromatic N) is 1. The molecule has 1 rings (SSSR count). The van der Waals surface area contributed by atoms with Gasteiger partial charge >= 0.3 is 5.97 Å². The van der Waals surface area contributed by atoms with Gasteiger partial charge in [-0.3, -0.25) is 4.79 Å². The van der Waals surface area contributed by atoms with Crippen molar-refractivity contribution in [3.63, 3.8) is 0 Å². The Hall–Kier alpha value is -1.03. The molecule has 3 nitrogen and oxygen atoms in total. The molecule has 0 aliphatic carbocycles. The van der Waals surface area contributed by atoms with Crippen LogP contribution in [0.1, 0.15) is 26.7 Å². The minimum absolute atomic E-state index is 0.139. The second kappa shape index (κ2) is 7.28. The molecule has 0 saturated heterocycles. The third-order valence-corrected chi connectivity index (χ3v) is 3.20. The maximum absolute atomic E-state index is 11.7. The quantitative estimate of drug-likeness (QED) is 0.565. The number of hydrogen-bond donors (Lipinski definition) is 0. The van der Waals surface area contributed by atoms with Crippen LogP contribution in [0.3, 0.4) is 0 Å². The van der Waals surface area contributed by atoms with Crippen molar-refractivity contribution in [1.29, 1.82) is 0 Å². The van der Waals surface area contributed by atoms with Gasteiger partial charge in [0.2, 0.25) is 0 Å². The zero-order valence-electron chi connectivity index (χ0n) is 9.68. The summed E-state index contributed by atoms with van der Waals surface area (Å²) in [5.41, 5.74) is 0. The molecule has 0 aliphatic heterocycles. The van der Waals surface area contributed by atoms with E-state index >= 15 is 0 Å². The van der Waals surface area contributed by atoms with E-state index in [-0.39, 0.29) is 11.2 Å². The average molecular weight is 239 g/mol. The van der Waals surface area contributed by atoms with E-state index in [9.17, 15) is 4.79 Å². The van der Waals surface area contributed by atoms with Crippen molar-refractivity contribution >= 4 is 17.7 Å². The molecule has 0 amide bonds. The Morgan fingerprint density at radius 2 is 2.31 bits per heavy atom. The summed E-state index contributed by atoms with van der Waals surface area (Å²) in [6.45, 7) is 4.32. The van der Waals surface area contributed by atoms with Crippen LogP contribution >= 0.6 is 11.8 Å². The highest BCUT2D eigenvalue weighted by Crippen LogP contribution is 2.25. The predicted molar refractivity (Wildman–Crippen MR) is 65.4 cm³/mol. The van der Waals surface area contributed by atoms with Crippen LogP contribution in [0.15, 0.2) is 29.4 Å². The molecule has 4 heteroatoms. The van der Waals surface area contributed by atoms with Crippen LogP contribution in [0.4, 0.5) is 0 Å². The monoisotopic (exact) mass is 239 g/mol. The van der Waals surface area contributed by atoms with Gasteiger partial charge in [-0.05, 0) is 25.5 Å². The number of carbonyl (C=O) groups excluding carboxylic acids is 1. The minimum Gasteiger partial charge on any atom is -0.465 e. The molecule has 1 heterocycles. The zero-order valence-corrected chi connectivity index (χ0v) is 10.5. The summed E-state index contributed by atoms with van der Waals surface area (Å²) < 4.78 is 5.04. The van der Waals surface area contributed by atoms with Crippen LogP contribution in [0, 0.1) is 0 Å². The zero-order chi connectivity index (χ0) is 11.8. The standard InChI is InChI=1S/C12H17NO2S/c1-3-7-10(12(14)15-4-2)16-11-8-5-6-9-13-11/h5-6,8-10H,3-4,7H2,1-2H3. The first-order valence-corrected chi connectivity index (χ1v) is 6.40. The SMILES string of the molecule is CCCC(Sc1ccccn1)C(=O)OCC. The van der Waals surface area contributed by atoms with Gasteiger partial charge < -0.3 is 4.74 Å². The molecule has 0 saturated carbocycles. The molecule has 1 aromatic rings. The van der Waals surface area contributed by atoms with Crippen molar-refractivity contribution in [3.8, 4) is 0 Å². The van der Waals surface area contributed by atoms with E-state index < -0.39 is 0 Å². The van der Waals surface area contributed by atoms with Crippen molar-refractivity contribution in [2.45, 2.75) is 37.0 Å². The number of aromatic nitrogens is 1. The van der Waals surface area contributed by atoms with E-state index in [1.165, 1.54) is 11.8 Å². The predicted octanol–water partition coefficient (Wildman–Crippen LogP) is 2.91. The summed E-state index contributed by atoms with van der Waals surface area (Å²) in [6, 6.07) is 5.69. The summed E-state index contributed by atoms with van der Waals surface area (Å²) in [6.07, 6.45) is 3.51. The van der Waals surface area contributed by atoms with E-state index in [0.717, 1.165) is 17.9 Å². The highest BCUT2D eigenvalue weighted by molar-refractivity contribution is 8.00. The molecule has 88 valence electrons. The summed E-state index contributed by atoms with van der Waals surface area (Å²) in [7, 11) is 0. The van der Waals surface area contributed by atoms with Gasteiger partial charge in [0.05, 0.1) is 11.6 Å². The fourth-order valence-corrected chi connectivity index (χ4v) is 2.37. The van der Waals surface area contributed by atoms with Gasteiger partial charge in [0.1, 0.15) is 5.25 Å². The summed E-state index contributed by atoms with van der Waals surface area (Å²) in [4.78, 5) is 15.9. The lowest BCUT2D eigenvalue weighted by molar-refractivity contribution is -0.142. The Kier molecular flexibility index (Phi) is 5.93. The molecule has 0 aromatic carbocycles. The third-order valence-electron chi connectivity index (χ3n) is 2.00. The Balaban J connectivity index is 2.60. The molecule has 1 aromatic heterocycles. The van der Waals surface area contributed by atoms with Gasteiger partial charge in [-0.25, -0.2) is 4.98 Å². The highest BCUT2D eigenvalue weighted by atomic mass is 32.2.